The summed E-state index contributed by atoms with van der Waals surface area (Å²) in [7, 11) is 0. The summed E-state index contributed by atoms with van der Waals surface area (Å²) in [5.41, 5.74) is 3.05. The maximum Gasteiger partial charge on any atom is 0.123 e. The van der Waals surface area contributed by atoms with Crippen molar-refractivity contribution in [3.05, 3.63) is 58.6 Å². The second-order valence-electron chi connectivity index (χ2n) is 4.43. The predicted molar refractivity (Wildman–Crippen MR) is 70.3 cm³/mol. The molecule has 2 aromatic rings. The first-order chi connectivity index (χ1) is 8.74. The second-order valence-corrected chi connectivity index (χ2v) is 4.84. The van der Waals surface area contributed by atoms with E-state index in [1.165, 1.54) is 6.07 Å². The van der Waals surface area contributed by atoms with E-state index in [9.17, 15) is 4.39 Å². The summed E-state index contributed by atoms with van der Waals surface area (Å²) in [6, 6.07) is 6.90. The lowest BCUT2D eigenvalue weighted by Crippen LogP contribution is -2.07. The summed E-state index contributed by atoms with van der Waals surface area (Å²) < 4.78 is 13.1. The highest BCUT2D eigenvalue weighted by Crippen LogP contribution is 2.35. The topological polar surface area (TPSA) is 24.9 Å². The lowest BCUT2D eigenvalue weighted by atomic mass is 10.1. The normalized spacial score (nSPS) is 17.6. The summed E-state index contributed by atoms with van der Waals surface area (Å²) >= 11 is 6.09. The van der Waals surface area contributed by atoms with Crippen LogP contribution in [0.2, 0.25) is 5.02 Å². The molecule has 0 amide bonds. The van der Waals surface area contributed by atoms with Gasteiger partial charge in [-0.2, -0.15) is 0 Å². The van der Waals surface area contributed by atoms with Crippen LogP contribution in [0.15, 0.2) is 36.7 Å². The molecule has 0 fully saturated rings. The van der Waals surface area contributed by atoms with Crippen LogP contribution in [-0.4, -0.2) is 4.98 Å². The molecule has 1 heterocycles. The van der Waals surface area contributed by atoms with Crippen LogP contribution < -0.4 is 5.32 Å². The van der Waals surface area contributed by atoms with Crippen LogP contribution in [0.5, 0.6) is 0 Å². The van der Waals surface area contributed by atoms with Gasteiger partial charge in [-0.1, -0.05) is 17.7 Å². The van der Waals surface area contributed by atoms with E-state index in [1.807, 2.05) is 6.07 Å². The Kier molecular flexibility index (Phi) is 2.92. The van der Waals surface area contributed by atoms with E-state index in [1.54, 1.807) is 24.5 Å². The van der Waals surface area contributed by atoms with Gasteiger partial charge >= 0.3 is 0 Å². The van der Waals surface area contributed by atoms with E-state index >= 15 is 0 Å². The van der Waals surface area contributed by atoms with Gasteiger partial charge in [0.2, 0.25) is 0 Å². The number of nitrogens with one attached hydrogen (secondary N) is 1. The Labute approximate surface area is 110 Å². The average Bonchev–Trinajstić information content (AvgIpc) is 2.74. The molecule has 0 saturated heterocycles. The highest BCUT2D eigenvalue weighted by molar-refractivity contribution is 6.33. The van der Waals surface area contributed by atoms with Crippen molar-refractivity contribution >= 4 is 17.3 Å². The molecule has 92 valence electrons. The molecular weight excluding hydrogens is 251 g/mol. The molecular formula is C14H12ClFN2. The quantitative estimate of drug-likeness (QED) is 0.886. The SMILES string of the molecule is Fc1ccc2c(c1)CCC2Nc1cnccc1Cl. The number of rotatable bonds is 2. The van der Waals surface area contributed by atoms with Crippen LogP contribution in [0.4, 0.5) is 10.1 Å². The van der Waals surface area contributed by atoms with Crippen molar-refractivity contribution in [3.63, 3.8) is 0 Å². The molecule has 0 bridgehead atoms. The third kappa shape index (κ3) is 2.06. The molecule has 3 rings (SSSR count). The molecule has 4 heteroatoms. The number of hydrogen-bond donors (Lipinski definition) is 1. The van der Waals surface area contributed by atoms with Gasteiger partial charge in [-0.3, -0.25) is 4.98 Å². The van der Waals surface area contributed by atoms with Crippen LogP contribution in [-0.2, 0) is 6.42 Å². The third-order valence-corrected chi connectivity index (χ3v) is 3.61. The Hall–Kier alpha value is -1.61. The van der Waals surface area contributed by atoms with Crippen LogP contribution >= 0.6 is 11.6 Å². The van der Waals surface area contributed by atoms with E-state index in [4.69, 9.17) is 11.6 Å². The van der Waals surface area contributed by atoms with Gasteiger partial charge in [0.1, 0.15) is 5.82 Å². The minimum Gasteiger partial charge on any atom is -0.376 e. The van der Waals surface area contributed by atoms with Crippen molar-refractivity contribution in [3.8, 4) is 0 Å². The monoisotopic (exact) mass is 262 g/mol. The molecule has 1 atom stereocenters. The van der Waals surface area contributed by atoms with Crippen molar-refractivity contribution in [2.24, 2.45) is 0 Å². The number of aromatic nitrogens is 1. The molecule has 1 aromatic carbocycles. The molecule has 1 aliphatic carbocycles. The molecule has 2 nitrogen and oxygen atoms in total. The number of hydrogen-bond acceptors (Lipinski definition) is 2. The zero-order chi connectivity index (χ0) is 12.5. The van der Waals surface area contributed by atoms with Crippen molar-refractivity contribution in [1.29, 1.82) is 0 Å². The van der Waals surface area contributed by atoms with Crippen LogP contribution in [0.1, 0.15) is 23.6 Å². The molecule has 0 radical (unpaired) electrons. The van der Waals surface area contributed by atoms with Crippen molar-refractivity contribution in [1.82, 2.24) is 4.98 Å². The van der Waals surface area contributed by atoms with Crippen molar-refractivity contribution in [2.75, 3.05) is 5.32 Å². The molecule has 0 spiro atoms. The van der Waals surface area contributed by atoms with Gasteiger partial charge in [0.25, 0.3) is 0 Å². The van der Waals surface area contributed by atoms with Crippen molar-refractivity contribution in [2.45, 2.75) is 18.9 Å². The largest absolute Gasteiger partial charge is 0.376 e. The maximum atomic E-state index is 13.1. The van der Waals surface area contributed by atoms with Crippen LogP contribution in [0.3, 0.4) is 0 Å². The minimum absolute atomic E-state index is 0.172. The van der Waals surface area contributed by atoms with Crippen LogP contribution in [0.25, 0.3) is 0 Å². The molecule has 1 aliphatic rings. The highest BCUT2D eigenvalue weighted by atomic mass is 35.5. The first-order valence-corrected chi connectivity index (χ1v) is 6.26. The van der Waals surface area contributed by atoms with Gasteiger partial charge in [-0.05, 0) is 42.2 Å². The van der Waals surface area contributed by atoms with Gasteiger partial charge in [0, 0.05) is 6.20 Å². The predicted octanol–water partition coefficient (Wildman–Crippen LogP) is 3.97. The van der Waals surface area contributed by atoms with E-state index in [0.29, 0.717) is 5.02 Å². The van der Waals surface area contributed by atoms with Crippen LogP contribution in [0, 0.1) is 5.82 Å². The highest BCUT2D eigenvalue weighted by Gasteiger charge is 2.23. The number of pyridine rings is 1. The number of anilines is 1. The fraction of sp³-hybridized carbons (Fsp3) is 0.214. The van der Waals surface area contributed by atoms with Gasteiger partial charge in [0.05, 0.1) is 22.9 Å². The second kappa shape index (κ2) is 4.58. The van der Waals surface area contributed by atoms with Gasteiger partial charge in [0.15, 0.2) is 0 Å². The van der Waals surface area contributed by atoms with Gasteiger partial charge in [-0.25, -0.2) is 4.39 Å². The van der Waals surface area contributed by atoms with Crippen molar-refractivity contribution < 1.29 is 4.39 Å². The van der Waals surface area contributed by atoms with E-state index in [2.05, 4.69) is 10.3 Å². The zero-order valence-corrected chi connectivity index (χ0v) is 10.4. The Bertz CT molecular complexity index is 586. The average molecular weight is 263 g/mol. The summed E-state index contributed by atoms with van der Waals surface area (Å²) in [5, 5.41) is 4.02. The first-order valence-electron chi connectivity index (χ1n) is 5.88. The number of benzene rings is 1. The standard InChI is InChI=1S/C14H12ClFN2/c15-12-5-6-17-8-14(12)18-13-4-1-9-7-10(16)2-3-11(9)13/h2-3,5-8,13,18H,1,4H2. The Morgan fingerprint density at radius 3 is 3.06 bits per heavy atom. The Balaban J connectivity index is 1.87. The third-order valence-electron chi connectivity index (χ3n) is 3.28. The molecule has 0 aliphatic heterocycles. The number of aryl methyl sites for hydroxylation is 1. The summed E-state index contributed by atoms with van der Waals surface area (Å²) in [5.74, 6) is -0.172. The first kappa shape index (κ1) is 11.5. The van der Waals surface area contributed by atoms with E-state index < -0.39 is 0 Å². The smallest absolute Gasteiger partial charge is 0.123 e. The fourth-order valence-electron chi connectivity index (χ4n) is 2.41. The molecule has 1 aromatic heterocycles. The lowest BCUT2D eigenvalue weighted by molar-refractivity contribution is 0.626. The van der Waals surface area contributed by atoms with E-state index in [-0.39, 0.29) is 11.9 Å². The Morgan fingerprint density at radius 1 is 1.33 bits per heavy atom. The number of halogens is 2. The number of fused-ring (bicyclic) bond motifs is 1. The Morgan fingerprint density at radius 2 is 2.22 bits per heavy atom. The summed E-state index contributed by atoms with van der Waals surface area (Å²) in [4.78, 5) is 4.05. The minimum atomic E-state index is -0.172. The molecule has 1 unspecified atom stereocenters. The number of nitrogens with zero attached hydrogens (tertiary/aromatic N) is 1. The lowest BCUT2D eigenvalue weighted by Gasteiger charge is -2.16. The van der Waals surface area contributed by atoms with Gasteiger partial charge < -0.3 is 5.32 Å². The summed E-state index contributed by atoms with van der Waals surface area (Å²) in [6.07, 6.45) is 5.21. The molecule has 0 saturated carbocycles. The summed E-state index contributed by atoms with van der Waals surface area (Å²) in [6.45, 7) is 0. The molecule has 1 N–H and O–H groups in total. The van der Waals surface area contributed by atoms with Gasteiger partial charge in [-0.15, -0.1) is 0 Å². The fourth-order valence-corrected chi connectivity index (χ4v) is 2.57. The van der Waals surface area contributed by atoms with E-state index in [0.717, 1.165) is 29.7 Å². The zero-order valence-electron chi connectivity index (χ0n) is 9.66. The maximum absolute atomic E-state index is 13.1. The molecule has 18 heavy (non-hydrogen) atoms.